The molecule has 64 valence electrons. The van der Waals surface area contributed by atoms with Crippen LogP contribution in [-0.4, -0.2) is 18.5 Å². The molecule has 1 aliphatic heterocycles. The molecule has 1 aliphatic rings. The topological polar surface area (TPSA) is 44.5 Å². The van der Waals surface area contributed by atoms with Gasteiger partial charge in [0.25, 0.3) is 0 Å². The van der Waals surface area contributed by atoms with Crippen LogP contribution in [0.25, 0.3) is 0 Å². The molecule has 1 heterocycles. The standard InChI is InChI=1S/C8H15NO2/c1-8(2)10-6-7(11-8)4-3-5-9/h3,5,7H,4,6,9H2,1-2H3/b5-3+/t7-/m1/s1. The summed E-state index contributed by atoms with van der Waals surface area (Å²) in [7, 11) is 0. The second kappa shape index (κ2) is 3.24. The summed E-state index contributed by atoms with van der Waals surface area (Å²) in [4.78, 5) is 0. The Morgan fingerprint density at radius 2 is 2.36 bits per heavy atom. The van der Waals surface area contributed by atoms with Gasteiger partial charge in [-0.1, -0.05) is 6.08 Å². The van der Waals surface area contributed by atoms with E-state index < -0.39 is 5.79 Å². The van der Waals surface area contributed by atoms with Crippen LogP contribution in [0.5, 0.6) is 0 Å². The molecule has 0 unspecified atom stereocenters. The third kappa shape index (κ3) is 2.52. The van der Waals surface area contributed by atoms with Crippen molar-refractivity contribution in [3.8, 4) is 0 Å². The van der Waals surface area contributed by atoms with Crippen molar-refractivity contribution >= 4 is 0 Å². The zero-order chi connectivity index (χ0) is 8.32. The van der Waals surface area contributed by atoms with E-state index in [4.69, 9.17) is 15.2 Å². The Balaban J connectivity index is 2.30. The minimum absolute atomic E-state index is 0.171. The number of hydrogen-bond donors (Lipinski definition) is 1. The summed E-state index contributed by atoms with van der Waals surface area (Å²) in [6, 6.07) is 0. The molecule has 1 fully saturated rings. The van der Waals surface area contributed by atoms with Gasteiger partial charge in [0.15, 0.2) is 5.79 Å². The van der Waals surface area contributed by atoms with E-state index in [0.717, 1.165) is 6.42 Å². The Bertz CT molecular complexity index is 154. The molecule has 0 saturated carbocycles. The highest BCUT2D eigenvalue weighted by Gasteiger charge is 2.31. The lowest BCUT2D eigenvalue weighted by Crippen LogP contribution is -2.21. The fraction of sp³-hybridized carbons (Fsp3) is 0.750. The smallest absolute Gasteiger partial charge is 0.163 e. The molecule has 1 saturated heterocycles. The maximum absolute atomic E-state index is 5.52. The monoisotopic (exact) mass is 157 g/mol. The Kier molecular flexibility index (Phi) is 2.52. The Morgan fingerprint density at radius 1 is 1.64 bits per heavy atom. The third-order valence-electron chi connectivity index (χ3n) is 1.60. The van der Waals surface area contributed by atoms with E-state index in [2.05, 4.69) is 0 Å². The number of rotatable bonds is 2. The van der Waals surface area contributed by atoms with E-state index in [9.17, 15) is 0 Å². The van der Waals surface area contributed by atoms with Crippen LogP contribution < -0.4 is 5.73 Å². The van der Waals surface area contributed by atoms with Gasteiger partial charge < -0.3 is 15.2 Å². The minimum Gasteiger partial charge on any atom is -0.405 e. The predicted octanol–water partition coefficient (Wildman–Crippen LogP) is 1.00. The third-order valence-corrected chi connectivity index (χ3v) is 1.60. The maximum Gasteiger partial charge on any atom is 0.163 e. The zero-order valence-electron chi connectivity index (χ0n) is 7.04. The summed E-state index contributed by atoms with van der Waals surface area (Å²) in [5, 5.41) is 0. The van der Waals surface area contributed by atoms with Crippen molar-refractivity contribution in [1.82, 2.24) is 0 Å². The molecule has 1 rings (SSSR count). The van der Waals surface area contributed by atoms with E-state index in [1.807, 2.05) is 19.9 Å². The van der Waals surface area contributed by atoms with Crippen LogP contribution in [0.4, 0.5) is 0 Å². The first-order valence-electron chi connectivity index (χ1n) is 3.82. The van der Waals surface area contributed by atoms with Gasteiger partial charge in [0.2, 0.25) is 0 Å². The first-order chi connectivity index (χ1) is 5.14. The van der Waals surface area contributed by atoms with E-state index in [1.54, 1.807) is 0 Å². The highest BCUT2D eigenvalue weighted by atomic mass is 16.7. The van der Waals surface area contributed by atoms with Crippen LogP contribution in [-0.2, 0) is 9.47 Å². The lowest BCUT2D eigenvalue weighted by molar-refractivity contribution is -0.137. The molecule has 3 heteroatoms. The average molecular weight is 157 g/mol. The summed E-state index contributed by atoms with van der Waals surface area (Å²) in [6.45, 7) is 4.50. The summed E-state index contributed by atoms with van der Waals surface area (Å²) in [5.41, 5.74) is 5.20. The van der Waals surface area contributed by atoms with E-state index in [-0.39, 0.29) is 6.10 Å². The van der Waals surface area contributed by atoms with Crippen LogP contribution in [0.2, 0.25) is 0 Å². The lowest BCUT2D eigenvalue weighted by atomic mass is 10.3. The van der Waals surface area contributed by atoms with Crippen molar-refractivity contribution in [1.29, 1.82) is 0 Å². The van der Waals surface area contributed by atoms with Crippen LogP contribution in [0.15, 0.2) is 12.3 Å². The Morgan fingerprint density at radius 3 is 2.82 bits per heavy atom. The van der Waals surface area contributed by atoms with E-state index in [1.165, 1.54) is 6.20 Å². The van der Waals surface area contributed by atoms with Crippen LogP contribution in [0.3, 0.4) is 0 Å². The fourth-order valence-electron chi connectivity index (χ4n) is 1.11. The number of ether oxygens (including phenoxy) is 2. The fourth-order valence-corrected chi connectivity index (χ4v) is 1.11. The molecule has 3 nitrogen and oxygen atoms in total. The van der Waals surface area contributed by atoms with Crippen molar-refractivity contribution in [2.75, 3.05) is 6.61 Å². The van der Waals surface area contributed by atoms with E-state index >= 15 is 0 Å². The maximum atomic E-state index is 5.52. The SMILES string of the molecule is CC1(C)OC[C@@H](C/C=C/N)O1. The van der Waals surface area contributed by atoms with Crippen LogP contribution in [0.1, 0.15) is 20.3 Å². The van der Waals surface area contributed by atoms with Crippen LogP contribution >= 0.6 is 0 Å². The molecule has 0 aromatic heterocycles. The molecule has 1 atom stereocenters. The molecule has 2 N–H and O–H groups in total. The van der Waals surface area contributed by atoms with Crippen molar-refractivity contribution in [2.24, 2.45) is 5.73 Å². The molecular formula is C8H15NO2. The van der Waals surface area contributed by atoms with Gasteiger partial charge >= 0.3 is 0 Å². The molecule has 0 amide bonds. The van der Waals surface area contributed by atoms with E-state index in [0.29, 0.717) is 6.61 Å². The summed E-state index contributed by atoms with van der Waals surface area (Å²) < 4.78 is 10.9. The van der Waals surface area contributed by atoms with Crippen molar-refractivity contribution < 1.29 is 9.47 Å². The summed E-state index contributed by atoms with van der Waals surface area (Å²) in [6.07, 6.45) is 4.43. The van der Waals surface area contributed by atoms with Gasteiger partial charge in [-0.05, 0) is 26.5 Å². The number of hydrogen-bond acceptors (Lipinski definition) is 3. The molecular weight excluding hydrogens is 142 g/mol. The van der Waals surface area contributed by atoms with Crippen LogP contribution in [0, 0.1) is 0 Å². The quantitative estimate of drug-likeness (QED) is 0.650. The van der Waals surface area contributed by atoms with Crippen molar-refractivity contribution in [3.05, 3.63) is 12.3 Å². The summed E-state index contributed by atoms with van der Waals surface area (Å²) in [5.74, 6) is -0.410. The van der Waals surface area contributed by atoms with Gasteiger partial charge in [-0.2, -0.15) is 0 Å². The zero-order valence-corrected chi connectivity index (χ0v) is 7.04. The molecule has 0 bridgehead atoms. The molecule has 0 radical (unpaired) electrons. The largest absolute Gasteiger partial charge is 0.405 e. The second-order valence-electron chi connectivity index (χ2n) is 3.11. The molecule has 11 heavy (non-hydrogen) atoms. The van der Waals surface area contributed by atoms with Gasteiger partial charge in [-0.15, -0.1) is 0 Å². The molecule has 0 spiro atoms. The predicted molar refractivity (Wildman–Crippen MR) is 42.8 cm³/mol. The Hall–Kier alpha value is -0.540. The van der Waals surface area contributed by atoms with Gasteiger partial charge in [-0.25, -0.2) is 0 Å². The minimum atomic E-state index is -0.410. The lowest BCUT2D eigenvalue weighted by Gasteiger charge is -2.16. The number of nitrogens with two attached hydrogens (primary N) is 1. The first-order valence-corrected chi connectivity index (χ1v) is 3.82. The highest BCUT2D eigenvalue weighted by molar-refractivity contribution is 4.83. The van der Waals surface area contributed by atoms with Crippen molar-refractivity contribution in [3.63, 3.8) is 0 Å². The summed E-state index contributed by atoms with van der Waals surface area (Å²) >= 11 is 0. The van der Waals surface area contributed by atoms with Gasteiger partial charge in [-0.3, -0.25) is 0 Å². The average Bonchev–Trinajstić information content (AvgIpc) is 2.26. The normalized spacial score (nSPS) is 29.8. The molecule has 0 aliphatic carbocycles. The van der Waals surface area contributed by atoms with Gasteiger partial charge in [0.05, 0.1) is 12.7 Å². The highest BCUT2D eigenvalue weighted by Crippen LogP contribution is 2.23. The second-order valence-corrected chi connectivity index (χ2v) is 3.11. The molecule has 0 aromatic rings. The van der Waals surface area contributed by atoms with Gasteiger partial charge in [0.1, 0.15) is 0 Å². The molecule has 0 aromatic carbocycles. The first kappa shape index (κ1) is 8.56. The van der Waals surface area contributed by atoms with Gasteiger partial charge in [0, 0.05) is 0 Å². The van der Waals surface area contributed by atoms with Crippen molar-refractivity contribution in [2.45, 2.75) is 32.2 Å². The Labute approximate surface area is 67.2 Å².